The van der Waals surface area contributed by atoms with E-state index in [-0.39, 0.29) is 43.3 Å². The summed E-state index contributed by atoms with van der Waals surface area (Å²) in [6.07, 6.45) is -0.573. The highest BCUT2D eigenvalue weighted by atomic mass is 32.2. The van der Waals surface area contributed by atoms with E-state index in [0.29, 0.717) is 44.3 Å². The molecule has 212 valence electrons. The van der Waals surface area contributed by atoms with Crippen LogP contribution in [-0.2, 0) is 26.0 Å². The van der Waals surface area contributed by atoms with Crippen molar-refractivity contribution in [2.24, 2.45) is 17.8 Å². The molecular weight excluding hydrogens is 535 g/mol. The Balaban J connectivity index is 1.23. The van der Waals surface area contributed by atoms with Crippen LogP contribution in [-0.4, -0.2) is 72.5 Å². The molecule has 1 N–H and O–H groups in total. The topological polar surface area (TPSA) is 114 Å². The predicted octanol–water partition coefficient (Wildman–Crippen LogP) is 2.68. The first-order valence-corrected chi connectivity index (χ1v) is 14.8. The smallest absolute Gasteiger partial charge is 0.347 e. The second kappa shape index (κ2) is 10.7. The van der Waals surface area contributed by atoms with Gasteiger partial charge in [-0.05, 0) is 62.1 Å². The molecule has 3 heterocycles. The van der Waals surface area contributed by atoms with Gasteiger partial charge >= 0.3 is 6.18 Å². The monoisotopic (exact) mass is 567 g/mol. The number of rotatable bonds is 7. The van der Waals surface area contributed by atoms with Crippen molar-refractivity contribution in [1.29, 1.82) is 5.26 Å². The van der Waals surface area contributed by atoms with Crippen LogP contribution in [0.4, 0.5) is 13.2 Å². The van der Waals surface area contributed by atoms with Crippen molar-refractivity contribution in [2.45, 2.75) is 56.8 Å². The van der Waals surface area contributed by atoms with Crippen LogP contribution in [0.3, 0.4) is 0 Å². The van der Waals surface area contributed by atoms with Gasteiger partial charge in [-0.3, -0.25) is 9.59 Å². The number of hydrogen-bond acceptors (Lipinski definition) is 5. The van der Waals surface area contributed by atoms with Crippen LogP contribution < -0.4 is 5.32 Å². The number of carbonyl (C=O) groups is 2. The zero-order valence-electron chi connectivity index (χ0n) is 21.4. The highest BCUT2D eigenvalue weighted by molar-refractivity contribution is 7.86. The fraction of sp³-hybridized carbons (Fsp3) is 0.654. The van der Waals surface area contributed by atoms with Crippen molar-refractivity contribution in [3.8, 4) is 6.07 Å². The van der Waals surface area contributed by atoms with Crippen molar-refractivity contribution in [3.05, 3.63) is 35.4 Å². The molecule has 3 atom stereocenters. The van der Waals surface area contributed by atoms with E-state index in [1.54, 1.807) is 4.90 Å². The lowest BCUT2D eigenvalue weighted by Gasteiger charge is -2.41. The van der Waals surface area contributed by atoms with E-state index in [1.165, 1.54) is 20.7 Å². The summed E-state index contributed by atoms with van der Waals surface area (Å²) in [5.74, 6) is -1.32. The molecule has 1 aromatic rings. The first kappa shape index (κ1) is 27.9. The molecule has 39 heavy (non-hydrogen) atoms. The summed E-state index contributed by atoms with van der Waals surface area (Å²) in [6, 6.07) is 5.77. The molecule has 1 aromatic carbocycles. The predicted molar refractivity (Wildman–Crippen MR) is 134 cm³/mol. The Morgan fingerprint density at radius 1 is 0.974 bits per heavy atom. The molecule has 3 saturated heterocycles. The number of nitrogens with zero attached hydrogens (tertiary/aromatic N) is 4. The number of halogens is 3. The number of hydrogen-bond donors (Lipinski definition) is 1. The molecule has 1 unspecified atom stereocenters. The summed E-state index contributed by atoms with van der Waals surface area (Å²) in [4.78, 5) is 28.5. The van der Waals surface area contributed by atoms with Crippen molar-refractivity contribution in [1.82, 2.24) is 18.8 Å². The molecule has 0 aromatic heterocycles. The first-order chi connectivity index (χ1) is 18.5. The van der Waals surface area contributed by atoms with Crippen molar-refractivity contribution in [3.63, 3.8) is 0 Å². The summed E-state index contributed by atoms with van der Waals surface area (Å²) in [7, 11) is -3.75. The second-order valence-electron chi connectivity index (χ2n) is 11.0. The average Bonchev–Trinajstić information content (AvgIpc) is 3.60. The van der Waals surface area contributed by atoms with E-state index in [2.05, 4.69) is 11.4 Å². The second-order valence-corrected chi connectivity index (χ2v) is 12.9. The lowest BCUT2D eigenvalue weighted by molar-refractivity contribution is -0.142. The number of nitrogens with one attached hydrogen (secondary N) is 1. The zero-order valence-corrected chi connectivity index (χ0v) is 22.3. The van der Waals surface area contributed by atoms with Gasteiger partial charge in [0.2, 0.25) is 11.8 Å². The number of amides is 2. The standard InChI is InChI=1S/C26H32F3N5O4S/c27-26(28,29)21-9-7-19(8-10-21)23(18-5-6-18)31-24(35)22-4-2-12-34(22)25(36)20-3-1-11-32(16-20)39(37,38)33-14-17(13-30)15-33/h7-10,17-18,20,22-23H,1-6,11-12,14-16H2,(H,31,35)/t20-,22+,23?/m0/s1. The van der Waals surface area contributed by atoms with Gasteiger partial charge in [0, 0.05) is 32.7 Å². The Morgan fingerprint density at radius 3 is 2.26 bits per heavy atom. The minimum absolute atomic E-state index is 0.0377. The van der Waals surface area contributed by atoms with E-state index in [1.807, 2.05) is 0 Å². The lowest BCUT2D eigenvalue weighted by atomic mass is 9.97. The average molecular weight is 568 g/mol. The van der Waals surface area contributed by atoms with E-state index in [0.717, 1.165) is 25.0 Å². The number of nitriles is 1. The first-order valence-electron chi connectivity index (χ1n) is 13.4. The maximum absolute atomic E-state index is 13.5. The third kappa shape index (κ3) is 5.78. The SMILES string of the molecule is N#CC1CN(S(=O)(=O)N2CCC[C@H](C(=O)N3CCC[C@@H]3C(=O)NC(c3ccc(C(F)(F)F)cc3)C3CC3)C2)C1. The molecule has 5 rings (SSSR count). The molecule has 2 amide bonds. The minimum atomic E-state index is -4.44. The highest BCUT2D eigenvalue weighted by Crippen LogP contribution is 2.42. The molecule has 4 aliphatic rings. The van der Waals surface area contributed by atoms with E-state index in [9.17, 15) is 31.2 Å². The largest absolute Gasteiger partial charge is 0.416 e. The van der Waals surface area contributed by atoms with Crippen molar-refractivity contribution in [2.75, 3.05) is 32.7 Å². The molecule has 13 heteroatoms. The van der Waals surface area contributed by atoms with Crippen molar-refractivity contribution >= 4 is 22.0 Å². The Labute approximate surface area is 226 Å². The van der Waals surface area contributed by atoms with Crippen LogP contribution in [0, 0.1) is 29.1 Å². The summed E-state index contributed by atoms with van der Waals surface area (Å²) in [6.45, 7) is 1.05. The number of alkyl halides is 3. The van der Waals surface area contributed by atoms with Crippen LogP contribution >= 0.6 is 0 Å². The van der Waals surface area contributed by atoms with Crippen molar-refractivity contribution < 1.29 is 31.2 Å². The van der Waals surface area contributed by atoms with E-state index in [4.69, 9.17) is 5.26 Å². The highest BCUT2D eigenvalue weighted by Gasteiger charge is 2.45. The molecule has 3 aliphatic heterocycles. The summed E-state index contributed by atoms with van der Waals surface area (Å²) >= 11 is 0. The van der Waals surface area contributed by atoms with Crippen LogP contribution in [0.5, 0.6) is 0 Å². The van der Waals surface area contributed by atoms with E-state index >= 15 is 0 Å². The van der Waals surface area contributed by atoms with Gasteiger partial charge in [-0.2, -0.15) is 35.5 Å². The van der Waals surface area contributed by atoms with Gasteiger partial charge in [-0.1, -0.05) is 12.1 Å². The van der Waals surface area contributed by atoms with Gasteiger partial charge in [0.1, 0.15) is 6.04 Å². The van der Waals surface area contributed by atoms with Gasteiger partial charge in [-0.15, -0.1) is 0 Å². The Kier molecular flexibility index (Phi) is 7.65. The van der Waals surface area contributed by atoms with Crippen LogP contribution in [0.1, 0.15) is 55.7 Å². The number of carbonyl (C=O) groups excluding carboxylic acids is 2. The van der Waals surface area contributed by atoms with Gasteiger partial charge in [0.05, 0.1) is 29.5 Å². The molecular formula is C26H32F3N5O4S. The Bertz CT molecular complexity index is 1240. The molecule has 4 fully saturated rings. The summed E-state index contributed by atoms with van der Waals surface area (Å²) < 4.78 is 67.5. The minimum Gasteiger partial charge on any atom is -0.347 e. The Hall–Kier alpha value is -2.69. The molecule has 1 saturated carbocycles. The maximum atomic E-state index is 13.5. The molecule has 9 nitrogen and oxygen atoms in total. The van der Waals surface area contributed by atoms with Gasteiger partial charge < -0.3 is 10.2 Å². The van der Waals surface area contributed by atoms with Gasteiger partial charge in [0.25, 0.3) is 10.2 Å². The molecule has 0 radical (unpaired) electrons. The Morgan fingerprint density at radius 2 is 1.64 bits per heavy atom. The number of likely N-dealkylation sites (tertiary alicyclic amines) is 1. The summed E-state index contributed by atoms with van der Waals surface area (Å²) in [5.41, 5.74) is -0.144. The fourth-order valence-corrected chi connectivity index (χ4v) is 7.59. The van der Waals surface area contributed by atoms with Crippen LogP contribution in [0.25, 0.3) is 0 Å². The van der Waals surface area contributed by atoms with Gasteiger partial charge in [-0.25, -0.2) is 0 Å². The normalized spacial score (nSPS) is 26.1. The van der Waals surface area contributed by atoms with Crippen LogP contribution in [0.2, 0.25) is 0 Å². The van der Waals surface area contributed by atoms with Gasteiger partial charge in [0.15, 0.2) is 0 Å². The number of piperidine rings is 1. The van der Waals surface area contributed by atoms with E-state index < -0.39 is 40.0 Å². The summed E-state index contributed by atoms with van der Waals surface area (Å²) in [5, 5.41) is 12.0. The molecule has 0 spiro atoms. The third-order valence-corrected chi connectivity index (χ3v) is 10.2. The number of benzene rings is 1. The fourth-order valence-electron chi connectivity index (χ4n) is 5.79. The zero-order chi connectivity index (χ0) is 27.9. The molecule has 0 bridgehead atoms. The third-order valence-electron chi connectivity index (χ3n) is 8.24. The molecule has 1 aliphatic carbocycles. The lowest BCUT2D eigenvalue weighted by Crippen LogP contribution is -2.57. The van der Waals surface area contributed by atoms with Crippen LogP contribution in [0.15, 0.2) is 24.3 Å². The maximum Gasteiger partial charge on any atom is 0.416 e. The quantitative estimate of drug-likeness (QED) is 0.544.